The highest BCUT2D eigenvalue weighted by Gasteiger charge is 2.57. The van der Waals surface area contributed by atoms with E-state index in [0.29, 0.717) is 6.54 Å². The van der Waals surface area contributed by atoms with Crippen LogP contribution >= 0.6 is 11.8 Å². The van der Waals surface area contributed by atoms with Crippen LogP contribution in [0.3, 0.4) is 0 Å². The number of imide groups is 1. The van der Waals surface area contributed by atoms with Gasteiger partial charge in [0.15, 0.2) is 0 Å². The van der Waals surface area contributed by atoms with Crippen molar-refractivity contribution in [3.05, 3.63) is 29.8 Å². The first-order valence-corrected chi connectivity index (χ1v) is 8.57. The van der Waals surface area contributed by atoms with E-state index >= 15 is 0 Å². The summed E-state index contributed by atoms with van der Waals surface area (Å²) in [7, 11) is 0. The van der Waals surface area contributed by atoms with Crippen molar-refractivity contribution < 1.29 is 14.3 Å². The summed E-state index contributed by atoms with van der Waals surface area (Å²) in [4.78, 5) is 29.6. The van der Waals surface area contributed by atoms with Crippen LogP contribution in [0.4, 0.5) is 9.59 Å². The Kier molecular flexibility index (Phi) is 3.63. The van der Waals surface area contributed by atoms with E-state index in [1.54, 1.807) is 37.4 Å². The minimum Gasteiger partial charge on any atom is -0.443 e. The normalized spacial score (nSPS) is 22.7. The van der Waals surface area contributed by atoms with E-state index in [-0.39, 0.29) is 11.4 Å². The molecule has 1 saturated heterocycles. The second-order valence-electron chi connectivity index (χ2n) is 7.46. The zero-order valence-electron chi connectivity index (χ0n) is 14.1. The topological polar surface area (TPSA) is 49.9 Å². The van der Waals surface area contributed by atoms with E-state index < -0.39 is 17.2 Å². The summed E-state index contributed by atoms with van der Waals surface area (Å²) < 4.78 is 5.44. The molecule has 0 aliphatic carbocycles. The first-order valence-electron chi connectivity index (χ1n) is 7.69. The first-order chi connectivity index (χ1) is 10.6. The first kappa shape index (κ1) is 16.2. The maximum absolute atomic E-state index is 12.8. The summed E-state index contributed by atoms with van der Waals surface area (Å²) in [5.41, 5.74) is -0.159. The largest absolute Gasteiger partial charge is 0.443 e. The molecule has 0 aromatic heterocycles. The summed E-state index contributed by atoms with van der Waals surface area (Å²) in [5, 5.41) is -0.114. The van der Waals surface area contributed by atoms with Crippen molar-refractivity contribution in [3.63, 3.8) is 0 Å². The van der Waals surface area contributed by atoms with E-state index in [0.717, 1.165) is 5.56 Å². The number of thioether (sulfide) groups is 1. The zero-order chi connectivity index (χ0) is 17.0. The van der Waals surface area contributed by atoms with Crippen molar-refractivity contribution in [3.8, 4) is 0 Å². The van der Waals surface area contributed by atoms with Gasteiger partial charge in [0, 0.05) is 11.4 Å². The van der Waals surface area contributed by atoms with Crippen LogP contribution in [0.5, 0.6) is 0 Å². The molecule has 6 heteroatoms. The molecule has 3 rings (SSSR count). The van der Waals surface area contributed by atoms with Crippen molar-refractivity contribution in [2.45, 2.75) is 62.6 Å². The van der Waals surface area contributed by atoms with E-state index in [4.69, 9.17) is 4.74 Å². The molecule has 2 heterocycles. The second-order valence-corrected chi connectivity index (χ2v) is 8.58. The highest BCUT2D eigenvalue weighted by Crippen LogP contribution is 2.47. The maximum atomic E-state index is 12.8. The number of fused-ring (bicyclic) bond motifs is 2. The number of rotatable bonds is 0. The van der Waals surface area contributed by atoms with E-state index in [9.17, 15) is 9.59 Å². The molecule has 0 bridgehead atoms. The van der Waals surface area contributed by atoms with Gasteiger partial charge in [0.05, 0.1) is 5.54 Å². The minimum atomic E-state index is -0.641. The lowest BCUT2D eigenvalue weighted by molar-refractivity contribution is 0.0222. The van der Waals surface area contributed by atoms with Gasteiger partial charge >= 0.3 is 12.1 Å². The second kappa shape index (κ2) is 5.16. The molecule has 0 radical (unpaired) electrons. The average molecular weight is 334 g/mol. The highest BCUT2D eigenvalue weighted by atomic mass is 32.2. The fraction of sp³-hybridized carbons (Fsp3) is 0.529. The predicted molar refractivity (Wildman–Crippen MR) is 89.2 cm³/mol. The van der Waals surface area contributed by atoms with Gasteiger partial charge in [0.1, 0.15) is 11.0 Å². The lowest BCUT2D eigenvalue weighted by Crippen LogP contribution is -2.50. The van der Waals surface area contributed by atoms with E-state index in [2.05, 4.69) is 6.07 Å². The lowest BCUT2D eigenvalue weighted by atomic mass is 10.0. The maximum Gasteiger partial charge on any atom is 0.419 e. The Labute approximate surface area is 141 Å². The Bertz CT molecular complexity index is 666. The number of hydrogen-bond acceptors (Lipinski definition) is 4. The van der Waals surface area contributed by atoms with Crippen LogP contribution in [-0.2, 0) is 11.3 Å². The number of urea groups is 1. The molecule has 0 N–H and O–H groups in total. The van der Waals surface area contributed by atoms with Crippen LogP contribution in [0.1, 0.15) is 40.2 Å². The molecule has 3 amide bonds. The Balaban J connectivity index is 1.93. The van der Waals surface area contributed by atoms with Crippen LogP contribution in [0.25, 0.3) is 0 Å². The summed E-state index contributed by atoms with van der Waals surface area (Å²) >= 11 is 1.63. The van der Waals surface area contributed by atoms with Gasteiger partial charge < -0.3 is 9.64 Å². The molecule has 23 heavy (non-hydrogen) atoms. The lowest BCUT2D eigenvalue weighted by Gasteiger charge is -2.36. The molecule has 2 aliphatic rings. The molecule has 1 aromatic carbocycles. The van der Waals surface area contributed by atoms with Gasteiger partial charge in [0.2, 0.25) is 0 Å². The van der Waals surface area contributed by atoms with Crippen LogP contribution < -0.4 is 0 Å². The summed E-state index contributed by atoms with van der Waals surface area (Å²) in [6.07, 6.45) is -0.577. The summed E-state index contributed by atoms with van der Waals surface area (Å²) in [6, 6.07) is 7.77. The third kappa shape index (κ3) is 2.69. The van der Waals surface area contributed by atoms with Crippen molar-refractivity contribution >= 4 is 23.9 Å². The monoisotopic (exact) mass is 334 g/mol. The van der Waals surface area contributed by atoms with Gasteiger partial charge in [-0.2, -0.15) is 0 Å². The third-order valence-electron chi connectivity index (χ3n) is 4.03. The third-order valence-corrected chi connectivity index (χ3v) is 5.74. The highest BCUT2D eigenvalue weighted by molar-refractivity contribution is 8.00. The van der Waals surface area contributed by atoms with Crippen molar-refractivity contribution in [1.82, 2.24) is 9.80 Å². The van der Waals surface area contributed by atoms with Gasteiger partial charge in [-0.1, -0.05) is 30.0 Å². The molecule has 2 aliphatic heterocycles. The summed E-state index contributed by atoms with van der Waals surface area (Å²) in [6.45, 7) is 9.76. The number of amides is 3. The predicted octanol–water partition coefficient (Wildman–Crippen LogP) is 4.07. The fourth-order valence-electron chi connectivity index (χ4n) is 3.00. The molecule has 0 spiro atoms. The van der Waals surface area contributed by atoms with E-state index in [1.165, 1.54) is 9.80 Å². The van der Waals surface area contributed by atoms with Crippen molar-refractivity contribution in [2.24, 2.45) is 0 Å². The fourth-order valence-corrected chi connectivity index (χ4v) is 4.37. The molecule has 0 saturated carbocycles. The molecule has 1 atom stereocenters. The van der Waals surface area contributed by atoms with Crippen LogP contribution in [0, 0.1) is 0 Å². The van der Waals surface area contributed by atoms with E-state index in [1.807, 2.05) is 32.0 Å². The van der Waals surface area contributed by atoms with Crippen molar-refractivity contribution in [2.75, 3.05) is 0 Å². The van der Waals surface area contributed by atoms with Crippen molar-refractivity contribution in [1.29, 1.82) is 0 Å². The summed E-state index contributed by atoms with van der Waals surface area (Å²) in [5.74, 6) is 0. The SMILES string of the molecule is CC(C)(C)OC(=O)N1C(=O)N2Cc3ccccc3SC2C1(C)C. The zero-order valence-corrected chi connectivity index (χ0v) is 14.9. The molecular weight excluding hydrogens is 312 g/mol. The van der Waals surface area contributed by atoms with Gasteiger partial charge in [-0.3, -0.25) is 0 Å². The Morgan fingerprint density at radius 2 is 1.96 bits per heavy atom. The van der Waals surface area contributed by atoms with Crippen LogP contribution in [-0.4, -0.2) is 38.4 Å². The number of ether oxygens (including phenoxy) is 1. The molecule has 1 unspecified atom stereocenters. The molecule has 1 aromatic rings. The average Bonchev–Trinajstić information content (AvgIpc) is 2.62. The quantitative estimate of drug-likeness (QED) is 0.717. The van der Waals surface area contributed by atoms with Gasteiger partial charge in [-0.15, -0.1) is 0 Å². The number of carbonyl (C=O) groups is 2. The molecule has 1 fully saturated rings. The van der Waals surface area contributed by atoms with Gasteiger partial charge in [-0.25, -0.2) is 14.5 Å². The molecule has 5 nitrogen and oxygen atoms in total. The van der Waals surface area contributed by atoms with Crippen LogP contribution in [0.15, 0.2) is 29.2 Å². The van der Waals surface area contributed by atoms with Gasteiger partial charge in [-0.05, 0) is 46.2 Å². The number of carbonyl (C=O) groups excluding carboxylic acids is 2. The number of hydrogen-bond donors (Lipinski definition) is 0. The number of nitrogens with zero attached hydrogens (tertiary/aromatic N) is 2. The number of benzene rings is 1. The smallest absolute Gasteiger partial charge is 0.419 e. The Morgan fingerprint density at radius 3 is 2.61 bits per heavy atom. The van der Waals surface area contributed by atoms with Crippen LogP contribution in [0.2, 0.25) is 0 Å². The Hall–Kier alpha value is -1.69. The standard InChI is InChI=1S/C17H22N2O3S/c1-16(2,3)22-15(21)19-14(20)18-10-11-8-6-7-9-12(11)23-13(18)17(19,4)5/h6-9,13H,10H2,1-5H3. The van der Waals surface area contributed by atoms with Gasteiger partial charge in [0.25, 0.3) is 0 Å². The Morgan fingerprint density at radius 1 is 1.30 bits per heavy atom. The molecule has 124 valence electrons. The minimum absolute atomic E-state index is 0.114. The molecular formula is C17H22N2O3S.